The standard InChI is InChI=1S/C26H31FN4O2S/c1-34(32,33,23-11-3-2-4-12-23)31-19-21(24-13-5-6-14-25(24)31)18-30(17-8-7-16-28)20-22-10-9-15-26(27)29-22/h2-6,9-15,19H,7-8,16-18,20,28H2,1H3,(H,32,33). The summed E-state index contributed by atoms with van der Waals surface area (Å²) in [7, 11) is -4.39. The number of nitrogens with zero attached hydrogens (tertiary/aromatic N) is 3. The fourth-order valence-electron chi connectivity index (χ4n) is 4.25. The molecular weight excluding hydrogens is 451 g/mol. The van der Waals surface area contributed by atoms with Crippen molar-refractivity contribution in [1.82, 2.24) is 13.9 Å². The summed E-state index contributed by atoms with van der Waals surface area (Å²) >= 11 is 0. The van der Waals surface area contributed by atoms with E-state index >= 15 is 0 Å². The topological polar surface area (TPSA) is 84.4 Å². The number of hydrogen-bond donors (Lipinski definition) is 2. The van der Waals surface area contributed by atoms with Crippen molar-refractivity contribution < 1.29 is 13.2 Å². The van der Waals surface area contributed by atoms with Gasteiger partial charge in [-0.05, 0) is 61.8 Å². The third-order valence-corrected chi connectivity index (χ3v) is 8.58. The number of aromatic nitrogens is 2. The predicted octanol–water partition coefficient (Wildman–Crippen LogP) is 4.66. The number of fused-ring (bicyclic) bond motifs is 1. The molecule has 0 aliphatic carbocycles. The van der Waals surface area contributed by atoms with Crippen molar-refractivity contribution >= 4 is 20.4 Å². The summed E-state index contributed by atoms with van der Waals surface area (Å²) in [6.07, 6.45) is 4.94. The van der Waals surface area contributed by atoms with Crippen LogP contribution in [0.4, 0.5) is 4.39 Å². The molecule has 4 rings (SSSR count). The monoisotopic (exact) mass is 482 g/mol. The Hall–Kier alpha value is -2.91. The third-order valence-electron chi connectivity index (χ3n) is 5.99. The molecule has 0 bridgehead atoms. The van der Waals surface area contributed by atoms with Gasteiger partial charge in [0.25, 0.3) is 0 Å². The first-order valence-corrected chi connectivity index (χ1v) is 13.6. The number of para-hydroxylation sites is 1. The molecule has 180 valence electrons. The molecule has 6 nitrogen and oxygen atoms in total. The maximum Gasteiger partial charge on any atom is 0.213 e. The first kappa shape index (κ1) is 24.2. The molecule has 0 saturated heterocycles. The van der Waals surface area contributed by atoms with Crippen LogP contribution >= 0.6 is 0 Å². The van der Waals surface area contributed by atoms with E-state index in [9.17, 15) is 13.2 Å². The Kier molecular flexibility index (Phi) is 6.95. The van der Waals surface area contributed by atoms with Crippen LogP contribution in [0.3, 0.4) is 0 Å². The molecule has 0 aliphatic rings. The van der Waals surface area contributed by atoms with Gasteiger partial charge in [-0.3, -0.25) is 9.45 Å². The molecule has 8 heteroatoms. The molecule has 0 amide bonds. The molecule has 0 atom stereocenters. The van der Waals surface area contributed by atoms with Crippen molar-refractivity contribution in [3.05, 3.63) is 96.2 Å². The lowest BCUT2D eigenvalue weighted by Gasteiger charge is -2.41. The van der Waals surface area contributed by atoms with E-state index in [1.165, 1.54) is 16.3 Å². The summed E-state index contributed by atoms with van der Waals surface area (Å²) in [6, 6.07) is 21.1. The van der Waals surface area contributed by atoms with Crippen LogP contribution in [-0.4, -0.2) is 42.0 Å². The highest BCUT2D eigenvalue weighted by Gasteiger charge is 2.29. The number of unbranched alkanes of at least 4 members (excludes halogenated alkanes) is 1. The zero-order valence-electron chi connectivity index (χ0n) is 19.3. The van der Waals surface area contributed by atoms with Gasteiger partial charge >= 0.3 is 0 Å². The molecule has 0 radical (unpaired) electrons. The molecule has 0 spiro atoms. The van der Waals surface area contributed by atoms with Crippen molar-refractivity contribution in [2.75, 3.05) is 19.3 Å². The number of hydrogen-bond acceptors (Lipinski definition) is 4. The number of halogens is 1. The van der Waals surface area contributed by atoms with Crippen molar-refractivity contribution in [3.63, 3.8) is 0 Å². The van der Waals surface area contributed by atoms with Crippen LogP contribution in [0.1, 0.15) is 24.1 Å². The highest BCUT2D eigenvalue weighted by Crippen LogP contribution is 2.36. The average molecular weight is 483 g/mol. The van der Waals surface area contributed by atoms with Crippen molar-refractivity contribution in [3.8, 4) is 0 Å². The van der Waals surface area contributed by atoms with E-state index in [1.807, 2.05) is 30.3 Å². The van der Waals surface area contributed by atoms with Gasteiger partial charge in [-0.15, -0.1) is 0 Å². The van der Waals surface area contributed by atoms with E-state index in [-0.39, 0.29) is 0 Å². The second-order valence-electron chi connectivity index (χ2n) is 8.70. The summed E-state index contributed by atoms with van der Waals surface area (Å²) in [5.74, 6) is -0.507. The number of benzene rings is 2. The molecule has 2 aromatic carbocycles. The molecule has 2 heterocycles. The van der Waals surface area contributed by atoms with Gasteiger partial charge in [0.05, 0.1) is 16.1 Å². The molecule has 0 aliphatic heterocycles. The SMILES string of the molecule is CS(=O)(O)(c1ccccc1)n1cc(CN(CCCCN)Cc2cccc(F)n2)c2ccccc21. The average Bonchev–Trinajstić information content (AvgIpc) is 3.19. The molecule has 34 heavy (non-hydrogen) atoms. The Labute approximate surface area is 199 Å². The van der Waals surface area contributed by atoms with Gasteiger partial charge in [-0.1, -0.05) is 52.0 Å². The maximum absolute atomic E-state index is 14.1. The number of nitrogens with two attached hydrogens (primary N) is 1. The molecule has 0 unspecified atom stereocenters. The summed E-state index contributed by atoms with van der Waals surface area (Å²) in [6.45, 7) is 2.34. The van der Waals surface area contributed by atoms with Crippen LogP contribution in [0, 0.1) is 5.95 Å². The molecule has 0 saturated carbocycles. The minimum absolute atomic E-state index is 0.357. The van der Waals surface area contributed by atoms with E-state index in [1.54, 1.807) is 42.6 Å². The van der Waals surface area contributed by atoms with E-state index in [4.69, 9.17) is 5.73 Å². The molecule has 4 aromatic rings. The zero-order valence-corrected chi connectivity index (χ0v) is 20.1. The Morgan fingerprint density at radius 2 is 1.74 bits per heavy atom. The lowest BCUT2D eigenvalue weighted by Crippen LogP contribution is -2.38. The van der Waals surface area contributed by atoms with Gasteiger partial charge < -0.3 is 5.73 Å². The van der Waals surface area contributed by atoms with Gasteiger partial charge in [0.2, 0.25) is 5.95 Å². The quantitative estimate of drug-likeness (QED) is 0.254. The lowest BCUT2D eigenvalue weighted by molar-refractivity contribution is 0.248. The Morgan fingerprint density at radius 3 is 2.47 bits per heavy atom. The first-order valence-electron chi connectivity index (χ1n) is 11.3. The fraction of sp³-hybridized carbons (Fsp3) is 0.269. The summed E-state index contributed by atoms with van der Waals surface area (Å²) in [4.78, 5) is 6.55. The minimum atomic E-state index is -4.39. The minimum Gasteiger partial charge on any atom is -0.330 e. The molecule has 3 N–H and O–H groups in total. The van der Waals surface area contributed by atoms with Crippen molar-refractivity contribution in [1.29, 1.82) is 0 Å². The maximum atomic E-state index is 14.1. The molecule has 2 aromatic heterocycles. The number of rotatable bonds is 10. The van der Waals surface area contributed by atoms with Crippen LogP contribution in [0.5, 0.6) is 0 Å². The van der Waals surface area contributed by atoms with Gasteiger partial charge in [0.1, 0.15) is 0 Å². The van der Waals surface area contributed by atoms with Gasteiger partial charge in [-0.25, -0.2) is 8.96 Å². The van der Waals surface area contributed by atoms with E-state index in [2.05, 4.69) is 9.88 Å². The van der Waals surface area contributed by atoms with Gasteiger partial charge in [-0.2, -0.15) is 8.60 Å². The highest BCUT2D eigenvalue weighted by molar-refractivity contribution is 8.13. The highest BCUT2D eigenvalue weighted by atomic mass is 32.3. The van der Waals surface area contributed by atoms with Gasteiger partial charge in [0.15, 0.2) is 0 Å². The summed E-state index contributed by atoms with van der Waals surface area (Å²) in [5.41, 5.74) is 7.94. The Bertz CT molecular complexity index is 1330. The first-order chi connectivity index (χ1) is 16.3. The fourth-order valence-corrected chi connectivity index (χ4v) is 6.26. The third kappa shape index (κ3) is 5.10. The zero-order chi connectivity index (χ0) is 24.2. The number of pyridine rings is 1. The predicted molar refractivity (Wildman–Crippen MR) is 135 cm³/mol. The van der Waals surface area contributed by atoms with Crippen molar-refractivity contribution in [2.24, 2.45) is 5.73 Å². The second-order valence-corrected chi connectivity index (χ2v) is 12.0. The van der Waals surface area contributed by atoms with Crippen molar-refractivity contribution in [2.45, 2.75) is 30.8 Å². The van der Waals surface area contributed by atoms with Gasteiger partial charge in [0, 0.05) is 30.9 Å². The summed E-state index contributed by atoms with van der Waals surface area (Å²) < 4.78 is 40.8. The Balaban J connectivity index is 1.74. The smallest absolute Gasteiger partial charge is 0.213 e. The van der Waals surface area contributed by atoms with E-state index in [0.29, 0.717) is 35.7 Å². The van der Waals surface area contributed by atoms with Crippen LogP contribution in [0.25, 0.3) is 10.9 Å². The summed E-state index contributed by atoms with van der Waals surface area (Å²) in [5, 5.41) is 0.907. The lowest BCUT2D eigenvalue weighted by atomic mass is 10.1. The normalized spacial score (nSPS) is 13.3. The molecule has 0 fully saturated rings. The van der Waals surface area contributed by atoms with E-state index < -0.39 is 15.5 Å². The van der Waals surface area contributed by atoms with Crippen LogP contribution in [0.15, 0.2) is 83.9 Å². The second kappa shape index (κ2) is 9.76. The van der Waals surface area contributed by atoms with Crippen LogP contribution in [-0.2, 0) is 22.6 Å². The Morgan fingerprint density at radius 1 is 1.00 bits per heavy atom. The van der Waals surface area contributed by atoms with Crippen LogP contribution < -0.4 is 5.73 Å². The van der Waals surface area contributed by atoms with E-state index in [0.717, 1.165) is 30.3 Å². The molecular formula is C26H31FN4O2S. The van der Waals surface area contributed by atoms with Crippen LogP contribution in [0.2, 0.25) is 0 Å². The largest absolute Gasteiger partial charge is 0.330 e.